The Bertz CT molecular complexity index is 1610. The van der Waals surface area contributed by atoms with Crippen molar-refractivity contribution in [3.8, 4) is 11.3 Å². The average molecular weight is 518 g/mol. The molecule has 7 nitrogen and oxygen atoms in total. The van der Waals surface area contributed by atoms with Crippen LogP contribution >= 0.6 is 0 Å². The van der Waals surface area contributed by atoms with Crippen molar-refractivity contribution in [3.63, 3.8) is 0 Å². The maximum Gasteiger partial charge on any atom is 0.273 e. The number of pyridine rings is 1. The molecule has 0 aliphatic heterocycles. The number of benzene rings is 3. The van der Waals surface area contributed by atoms with E-state index in [0.29, 0.717) is 36.5 Å². The van der Waals surface area contributed by atoms with E-state index in [1.54, 1.807) is 10.9 Å². The largest absolute Gasteiger partial charge is 0.350 e. The molecule has 0 bridgehead atoms. The van der Waals surface area contributed by atoms with E-state index in [9.17, 15) is 9.59 Å². The molecule has 0 saturated heterocycles. The average Bonchev–Trinajstić information content (AvgIpc) is 3.40. The Balaban J connectivity index is 1.41. The van der Waals surface area contributed by atoms with E-state index in [0.717, 1.165) is 28.5 Å². The molecule has 2 N–H and O–H groups in total. The minimum Gasteiger partial charge on any atom is -0.350 e. The van der Waals surface area contributed by atoms with Crippen molar-refractivity contribution in [2.75, 3.05) is 11.9 Å². The first-order valence-corrected chi connectivity index (χ1v) is 13.3. The fraction of sp³-hybridized carbons (Fsp3) is 0.188. The van der Waals surface area contributed by atoms with Crippen molar-refractivity contribution >= 4 is 28.4 Å². The van der Waals surface area contributed by atoms with Gasteiger partial charge in [0.1, 0.15) is 0 Å². The van der Waals surface area contributed by atoms with Gasteiger partial charge in [-0.3, -0.25) is 14.3 Å². The Kier molecular flexibility index (Phi) is 7.78. The van der Waals surface area contributed by atoms with Crippen molar-refractivity contribution in [1.82, 2.24) is 20.1 Å². The Morgan fingerprint density at radius 2 is 1.59 bits per heavy atom. The van der Waals surface area contributed by atoms with Gasteiger partial charge in [0.05, 0.1) is 22.5 Å². The zero-order chi connectivity index (χ0) is 27.2. The van der Waals surface area contributed by atoms with E-state index in [1.165, 1.54) is 5.56 Å². The third kappa shape index (κ3) is 5.88. The van der Waals surface area contributed by atoms with Gasteiger partial charge in [-0.2, -0.15) is 5.10 Å². The highest BCUT2D eigenvalue weighted by Crippen LogP contribution is 2.26. The maximum absolute atomic E-state index is 13.7. The maximum atomic E-state index is 13.7. The summed E-state index contributed by atoms with van der Waals surface area (Å²) in [5, 5.41) is 11.0. The van der Waals surface area contributed by atoms with Crippen LogP contribution in [0.25, 0.3) is 22.2 Å². The quantitative estimate of drug-likeness (QED) is 0.255. The molecule has 0 saturated carbocycles. The van der Waals surface area contributed by atoms with Gasteiger partial charge in [0.15, 0.2) is 5.69 Å². The van der Waals surface area contributed by atoms with Gasteiger partial charge in [0, 0.05) is 30.2 Å². The lowest BCUT2D eigenvalue weighted by atomic mass is 10.0. The van der Waals surface area contributed by atoms with E-state index < -0.39 is 0 Å². The summed E-state index contributed by atoms with van der Waals surface area (Å²) < 4.78 is 1.65. The zero-order valence-corrected chi connectivity index (χ0v) is 22.1. The molecular weight excluding hydrogens is 486 g/mol. The number of hydrogen-bond acceptors (Lipinski definition) is 4. The Morgan fingerprint density at radius 3 is 2.33 bits per heavy atom. The summed E-state index contributed by atoms with van der Waals surface area (Å²) in [7, 11) is 0. The molecule has 0 atom stereocenters. The molecule has 2 heterocycles. The Labute approximate surface area is 227 Å². The molecule has 196 valence electrons. The molecule has 0 aliphatic rings. The van der Waals surface area contributed by atoms with Gasteiger partial charge < -0.3 is 10.6 Å². The van der Waals surface area contributed by atoms with Crippen molar-refractivity contribution < 1.29 is 9.59 Å². The molecule has 39 heavy (non-hydrogen) atoms. The molecular formula is C32H31N5O2. The number of carbonyl (C=O) groups is 2. The zero-order valence-electron chi connectivity index (χ0n) is 22.1. The summed E-state index contributed by atoms with van der Waals surface area (Å²) in [5.41, 5.74) is 5.78. The summed E-state index contributed by atoms with van der Waals surface area (Å²) in [6.45, 7) is 5.08. The SMILES string of the molecule is CCc1ccc(-c2cc(C(=O)Nc3cn(CC)nc3C(=O)NCCc3ccccc3)c3ccccc3n2)cc1. The smallest absolute Gasteiger partial charge is 0.273 e. The number of nitrogens with one attached hydrogen (secondary N) is 2. The molecule has 0 spiro atoms. The number of carbonyl (C=O) groups excluding carboxylic acids is 2. The molecule has 7 heteroatoms. The highest BCUT2D eigenvalue weighted by Gasteiger charge is 2.21. The second-order valence-electron chi connectivity index (χ2n) is 9.32. The van der Waals surface area contributed by atoms with Crippen LogP contribution in [0.15, 0.2) is 91.1 Å². The number of aryl methyl sites for hydroxylation is 2. The number of para-hydroxylation sites is 1. The van der Waals surface area contributed by atoms with E-state index in [-0.39, 0.29) is 17.5 Å². The van der Waals surface area contributed by atoms with Crippen LogP contribution in [0.4, 0.5) is 5.69 Å². The van der Waals surface area contributed by atoms with Gasteiger partial charge >= 0.3 is 0 Å². The molecule has 0 unspecified atom stereocenters. The minimum absolute atomic E-state index is 0.187. The first-order valence-electron chi connectivity index (χ1n) is 13.3. The summed E-state index contributed by atoms with van der Waals surface area (Å²) in [4.78, 5) is 31.5. The fourth-order valence-electron chi connectivity index (χ4n) is 4.50. The summed E-state index contributed by atoms with van der Waals surface area (Å²) in [6.07, 6.45) is 3.35. The molecule has 0 fully saturated rings. The van der Waals surface area contributed by atoms with Gasteiger partial charge in [-0.1, -0.05) is 79.7 Å². The van der Waals surface area contributed by atoms with Crippen LogP contribution in [0.3, 0.4) is 0 Å². The van der Waals surface area contributed by atoms with Crippen LogP contribution in [0.2, 0.25) is 0 Å². The lowest BCUT2D eigenvalue weighted by Crippen LogP contribution is -2.27. The molecule has 0 aliphatic carbocycles. The van der Waals surface area contributed by atoms with Crippen LogP contribution in [0.1, 0.15) is 45.8 Å². The van der Waals surface area contributed by atoms with Gasteiger partial charge in [-0.25, -0.2) is 4.98 Å². The number of hydrogen-bond donors (Lipinski definition) is 2. The standard InChI is InChI=1S/C32H31N5O2/c1-3-22-14-16-24(17-15-22)28-20-26(25-12-8-9-13-27(25)34-28)31(38)35-29-21-37(4-2)36-30(29)32(39)33-19-18-23-10-6-5-7-11-23/h5-17,20-21H,3-4,18-19H2,1-2H3,(H,33,39)(H,35,38). The van der Waals surface area contributed by atoms with Crippen LogP contribution < -0.4 is 10.6 Å². The fourth-order valence-corrected chi connectivity index (χ4v) is 4.50. The second-order valence-corrected chi connectivity index (χ2v) is 9.32. The number of aromatic nitrogens is 3. The predicted molar refractivity (Wildman–Crippen MR) is 155 cm³/mol. The topological polar surface area (TPSA) is 88.9 Å². The van der Waals surface area contributed by atoms with Crippen LogP contribution in [-0.2, 0) is 19.4 Å². The van der Waals surface area contributed by atoms with Crippen molar-refractivity contribution in [2.24, 2.45) is 0 Å². The predicted octanol–water partition coefficient (Wildman–Crippen LogP) is 5.91. The van der Waals surface area contributed by atoms with Crippen LogP contribution in [0.5, 0.6) is 0 Å². The Hall–Kier alpha value is -4.78. The summed E-state index contributed by atoms with van der Waals surface area (Å²) in [5.74, 6) is -0.654. The van der Waals surface area contributed by atoms with Gasteiger partial charge in [-0.15, -0.1) is 0 Å². The lowest BCUT2D eigenvalue weighted by Gasteiger charge is -2.11. The third-order valence-electron chi connectivity index (χ3n) is 6.71. The number of fused-ring (bicyclic) bond motifs is 1. The first-order chi connectivity index (χ1) is 19.1. The van der Waals surface area contributed by atoms with Crippen LogP contribution in [-0.4, -0.2) is 33.1 Å². The van der Waals surface area contributed by atoms with Crippen molar-refractivity contribution in [2.45, 2.75) is 33.2 Å². The highest BCUT2D eigenvalue weighted by atomic mass is 16.2. The van der Waals surface area contributed by atoms with Crippen LogP contribution in [0, 0.1) is 0 Å². The van der Waals surface area contributed by atoms with Gasteiger partial charge in [0.25, 0.3) is 11.8 Å². The van der Waals surface area contributed by atoms with Gasteiger partial charge in [-0.05, 0) is 43.0 Å². The summed E-state index contributed by atoms with van der Waals surface area (Å²) >= 11 is 0. The van der Waals surface area contributed by atoms with E-state index in [1.807, 2.05) is 79.7 Å². The molecule has 0 radical (unpaired) electrons. The molecule has 3 aromatic carbocycles. The minimum atomic E-state index is -0.329. The Morgan fingerprint density at radius 1 is 0.846 bits per heavy atom. The van der Waals surface area contributed by atoms with E-state index >= 15 is 0 Å². The number of rotatable bonds is 9. The molecule has 5 aromatic rings. The van der Waals surface area contributed by atoms with Gasteiger partial charge in [0.2, 0.25) is 0 Å². The van der Waals surface area contributed by atoms with E-state index in [4.69, 9.17) is 4.98 Å². The summed E-state index contributed by atoms with van der Waals surface area (Å²) in [6, 6.07) is 27.6. The van der Waals surface area contributed by atoms with Crippen molar-refractivity contribution in [1.29, 1.82) is 0 Å². The first kappa shape index (κ1) is 25.9. The van der Waals surface area contributed by atoms with E-state index in [2.05, 4.69) is 34.8 Å². The second kappa shape index (κ2) is 11.7. The number of anilines is 1. The monoisotopic (exact) mass is 517 g/mol. The molecule has 2 amide bonds. The normalized spacial score (nSPS) is 10.9. The highest BCUT2D eigenvalue weighted by molar-refractivity contribution is 6.14. The number of amides is 2. The molecule has 2 aromatic heterocycles. The third-order valence-corrected chi connectivity index (χ3v) is 6.71. The van der Waals surface area contributed by atoms with Crippen molar-refractivity contribution in [3.05, 3.63) is 114 Å². The number of nitrogens with zero attached hydrogens (tertiary/aromatic N) is 3. The molecule has 5 rings (SSSR count). The lowest BCUT2D eigenvalue weighted by molar-refractivity contribution is 0.0949.